The van der Waals surface area contributed by atoms with E-state index in [0.29, 0.717) is 25.2 Å². The maximum atomic E-state index is 13.2. The van der Waals surface area contributed by atoms with Gasteiger partial charge in [-0.3, -0.25) is 9.29 Å². The van der Waals surface area contributed by atoms with Crippen LogP contribution < -0.4 is 10.4 Å². The number of sulfonamides is 1. The standard InChI is InChI=1S/C42H45N5O3S/c1-6-46-40(44-47(41(46)48)29-32-17-25-36(26-18-32)42(3,4)5)12-7-9-31-15-21-35(22-16-31)38-10-8-11-39(43-38)45-51(49,50)37-27-23-34(24-28-37)33-19-13-30(2)14-20-33/h8,10-11,13-28H,6-7,9,12,29H2,1-5H3,(H,43,45). The van der Waals surface area contributed by atoms with Crippen molar-refractivity contribution in [1.82, 2.24) is 19.3 Å². The molecular formula is C42H45N5O3S. The van der Waals surface area contributed by atoms with E-state index in [2.05, 4.69) is 66.9 Å². The summed E-state index contributed by atoms with van der Waals surface area (Å²) < 4.78 is 32.4. The van der Waals surface area contributed by atoms with Crippen LogP contribution in [0.4, 0.5) is 5.82 Å². The second-order valence-electron chi connectivity index (χ2n) is 14.0. The van der Waals surface area contributed by atoms with E-state index >= 15 is 0 Å². The Kier molecular flexibility index (Phi) is 10.4. The summed E-state index contributed by atoms with van der Waals surface area (Å²) in [5.74, 6) is 1.05. The molecule has 0 radical (unpaired) electrons. The highest BCUT2D eigenvalue weighted by Gasteiger charge is 2.17. The van der Waals surface area contributed by atoms with Crippen LogP contribution in [0.2, 0.25) is 0 Å². The van der Waals surface area contributed by atoms with Crippen LogP contribution in [0.25, 0.3) is 22.4 Å². The van der Waals surface area contributed by atoms with Crippen molar-refractivity contribution in [1.29, 1.82) is 0 Å². The van der Waals surface area contributed by atoms with Crippen LogP contribution in [0.5, 0.6) is 0 Å². The largest absolute Gasteiger partial charge is 0.346 e. The van der Waals surface area contributed by atoms with Gasteiger partial charge in [0.25, 0.3) is 10.0 Å². The molecule has 0 fully saturated rings. The molecule has 0 aliphatic rings. The average Bonchev–Trinajstić information content (AvgIpc) is 3.41. The van der Waals surface area contributed by atoms with Crippen LogP contribution in [0.3, 0.4) is 0 Å². The Balaban J connectivity index is 1.06. The van der Waals surface area contributed by atoms with E-state index in [-0.39, 0.29) is 21.8 Å². The molecule has 9 heteroatoms. The zero-order valence-corrected chi connectivity index (χ0v) is 30.7. The molecule has 0 atom stereocenters. The van der Waals surface area contributed by atoms with Gasteiger partial charge < -0.3 is 0 Å². The van der Waals surface area contributed by atoms with Crippen molar-refractivity contribution >= 4 is 15.8 Å². The first-order valence-electron chi connectivity index (χ1n) is 17.4. The molecule has 51 heavy (non-hydrogen) atoms. The molecule has 8 nitrogen and oxygen atoms in total. The third-order valence-corrected chi connectivity index (χ3v) is 10.5. The van der Waals surface area contributed by atoms with Crippen molar-refractivity contribution in [2.45, 2.75) is 77.3 Å². The van der Waals surface area contributed by atoms with Gasteiger partial charge in [-0.1, -0.05) is 117 Å². The van der Waals surface area contributed by atoms with Gasteiger partial charge in [0.1, 0.15) is 11.6 Å². The van der Waals surface area contributed by atoms with Crippen molar-refractivity contribution in [3.05, 3.63) is 154 Å². The van der Waals surface area contributed by atoms with Gasteiger partial charge in [0.05, 0.1) is 17.1 Å². The van der Waals surface area contributed by atoms with Gasteiger partial charge >= 0.3 is 5.69 Å². The second kappa shape index (κ2) is 14.9. The number of nitrogens with zero attached hydrogens (tertiary/aromatic N) is 4. The first-order chi connectivity index (χ1) is 24.4. The monoisotopic (exact) mass is 699 g/mol. The normalized spacial score (nSPS) is 11.9. The molecule has 0 saturated heterocycles. The topological polar surface area (TPSA) is 98.9 Å². The van der Waals surface area contributed by atoms with Crippen molar-refractivity contribution in [2.24, 2.45) is 0 Å². The van der Waals surface area contributed by atoms with Crippen LogP contribution in [-0.2, 0) is 41.4 Å². The van der Waals surface area contributed by atoms with E-state index < -0.39 is 10.0 Å². The number of aromatic nitrogens is 4. The molecule has 4 aromatic carbocycles. The van der Waals surface area contributed by atoms with Gasteiger partial charge in [0, 0.05) is 18.5 Å². The van der Waals surface area contributed by atoms with Gasteiger partial charge in [0.15, 0.2) is 0 Å². The molecule has 2 aromatic heterocycles. The van der Waals surface area contributed by atoms with Crippen molar-refractivity contribution in [3.8, 4) is 22.4 Å². The molecule has 262 valence electrons. The van der Waals surface area contributed by atoms with E-state index in [1.807, 2.05) is 68.4 Å². The molecule has 0 unspecified atom stereocenters. The second-order valence-corrected chi connectivity index (χ2v) is 15.7. The summed E-state index contributed by atoms with van der Waals surface area (Å²) in [7, 11) is -3.83. The van der Waals surface area contributed by atoms with Crippen LogP contribution in [0.1, 0.15) is 62.2 Å². The molecule has 1 N–H and O–H groups in total. The highest BCUT2D eigenvalue weighted by Crippen LogP contribution is 2.25. The van der Waals surface area contributed by atoms with Crippen molar-refractivity contribution in [2.75, 3.05) is 4.72 Å². The summed E-state index contributed by atoms with van der Waals surface area (Å²) in [6, 6.07) is 36.8. The number of benzene rings is 4. The fraction of sp³-hybridized carbons (Fsp3) is 0.262. The quantitative estimate of drug-likeness (QED) is 0.138. The first-order valence-corrected chi connectivity index (χ1v) is 18.9. The lowest BCUT2D eigenvalue weighted by molar-refractivity contribution is 0.588. The Morgan fingerprint density at radius 1 is 0.725 bits per heavy atom. The number of nitrogens with one attached hydrogen (secondary N) is 1. The average molecular weight is 700 g/mol. The van der Waals surface area contributed by atoms with E-state index in [1.54, 1.807) is 33.5 Å². The molecular weight excluding hydrogens is 655 g/mol. The zero-order valence-electron chi connectivity index (χ0n) is 29.9. The number of hydrogen-bond donors (Lipinski definition) is 1. The van der Waals surface area contributed by atoms with E-state index in [9.17, 15) is 13.2 Å². The Morgan fingerprint density at radius 3 is 1.96 bits per heavy atom. The Morgan fingerprint density at radius 2 is 1.33 bits per heavy atom. The summed E-state index contributed by atoms with van der Waals surface area (Å²) in [5.41, 5.74) is 8.17. The molecule has 0 amide bonds. The van der Waals surface area contributed by atoms with Gasteiger partial charge in [-0.25, -0.2) is 22.9 Å². The summed E-state index contributed by atoms with van der Waals surface area (Å²) >= 11 is 0. The molecule has 6 rings (SSSR count). The number of hydrogen-bond acceptors (Lipinski definition) is 5. The minimum atomic E-state index is -3.83. The third kappa shape index (κ3) is 8.55. The lowest BCUT2D eigenvalue weighted by Crippen LogP contribution is -2.25. The van der Waals surface area contributed by atoms with Gasteiger partial charge in [-0.05, 0) is 84.2 Å². The lowest BCUT2D eigenvalue weighted by atomic mass is 9.87. The predicted octanol–water partition coefficient (Wildman–Crippen LogP) is 8.42. The van der Waals surface area contributed by atoms with Gasteiger partial charge in [0.2, 0.25) is 0 Å². The molecule has 2 heterocycles. The van der Waals surface area contributed by atoms with Crippen LogP contribution in [-0.4, -0.2) is 27.7 Å². The molecule has 0 aliphatic heterocycles. The Bertz CT molecular complexity index is 2260. The highest BCUT2D eigenvalue weighted by molar-refractivity contribution is 7.92. The smallest absolute Gasteiger partial charge is 0.279 e. The zero-order chi connectivity index (χ0) is 36.2. The first kappa shape index (κ1) is 35.5. The molecule has 0 spiro atoms. The number of rotatable bonds is 12. The van der Waals surface area contributed by atoms with Crippen LogP contribution in [0.15, 0.2) is 125 Å². The maximum Gasteiger partial charge on any atom is 0.346 e. The van der Waals surface area contributed by atoms with E-state index in [4.69, 9.17) is 5.10 Å². The van der Waals surface area contributed by atoms with E-state index in [1.165, 1.54) is 11.1 Å². The van der Waals surface area contributed by atoms with Gasteiger partial charge in [-0.2, -0.15) is 5.10 Å². The molecule has 0 saturated carbocycles. The number of aryl methyl sites for hydroxylation is 3. The van der Waals surface area contributed by atoms with Crippen LogP contribution >= 0.6 is 0 Å². The molecule has 0 aliphatic carbocycles. The van der Waals surface area contributed by atoms with Gasteiger partial charge in [-0.15, -0.1) is 0 Å². The number of pyridine rings is 1. The third-order valence-electron chi connectivity index (χ3n) is 9.12. The summed E-state index contributed by atoms with van der Waals surface area (Å²) in [6.07, 6.45) is 2.37. The SMILES string of the molecule is CCn1c(CCCc2ccc(-c3cccc(NS(=O)(=O)c4ccc(-c5ccc(C)cc5)cc4)n3)cc2)nn(Cc2ccc(C(C)(C)C)cc2)c1=O. The Labute approximate surface area is 300 Å². The van der Waals surface area contributed by atoms with Crippen molar-refractivity contribution < 1.29 is 8.42 Å². The van der Waals surface area contributed by atoms with Crippen LogP contribution in [0, 0.1) is 6.92 Å². The number of anilines is 1. The minimum Gasteiger partial charge on any atom is -0.279 e. The predicted molar refractivity (Wildman–Crippen MR) is 206 cm³/mol. The minimum absolute atomic E-state index is 0.0781. The fourth-order valence-corrected chi connectivity index (χ4v) is 7.09. The lowest BCUT2D eigenvalue weighted by Gasteiger charge is -2.19. The summed E-state index contributed by atoms with van der Waals surface area (Å²) in [4.78, 5) is 17.9. The molecule has 6 aromatic rings. The van der Waals surface area contributed by atoms with Crippen molar-refractivity contribution in [3.63, 3.8) is 0 Å². The fourth-order valence-electron chi connectivity index (χ4n) is 6.09. The summed E-state index contributed by atoms with van der Waals surface area (Å²) in [6.45, 7) is 11.6. The maximum absolute atomic E-state index is 13.2. The highest BCUT2D eigenvalue weighted by atomic mass is 32.2. The Hall–Kier alpha value is -5.28. The van der Waals surface area contributed by atoms with E-state index in [0.717, 1.165) is 46.5 Å². The molecule has 0 bridgehead atoms. The summed E-state index contributed by atoms with van der Waals surface area (Å²) in [5, 5.41) is 4.71.